The monoisotopic (exact) mass is 330 g/mol. The van der Waals surface area contributed by atoms with Crippen molar-refractivity contribution in [3.05, 3.63) is 48.8 Å². The average Bonchev–Trinajstić information content (AvgIpc) is 3.22. The maximum Gasteiger partial charge on any atom is 0.313 e. The van der Waals surface area contributed by atoms with Crippen LogP contribution in [0.1, 0.15) is 18.8 Å². The van der Waals surface area contributed by atoms with E-state index in [1.807, 2.05) is 35.9 Å². The first-order chi connectivity index (χ1) is 11.2. The smallest absolute Gasteiger partial charge is 0.313 e. The highest BCUT2D eigenvalue weighted by Gasteiger charge is 2.21. The van der Waals surface area contributed by atoms with E-state index in [1.54, 1.807) is 23.3 Å². The number of aromatic nitrogens is 6. The fourth-order valence-electron chi connectivity index (χ4n) is 2.13. The van der Waals surface area contributed by atoms with Crippen molar-refractivity contribution in [3.8, 4) is 5.69 Å². The van der Waals surface area contributed by atoms with Crippen LogP contribution in [0.2, 0.25) is 0 Å². The third-order valence-electron chi connectivity index (χ3n) is 3.18. The lowest BCUT2D eigenvalue weighted by Crippen LogP contribution is -2.14. The van der Waals surface area contributed by atoms with E-state index in [0.717, 1.165) is 17.4 Å². The van der Waals surface area contributed by atoms with E-state index in [2.05, 4.69) is 20.3 Å². The molecule has 3 rings (SSSR count). The highest BCUT2D eigenvalue weighted by Crippen LogP contribution is 2.25. The minimum atomic E-state index is -0.905. The molecule has 9 heteroatoms. The third-order valence-corrected chi connectivity index (χ3v) is 4.10. The zero-order valence-corrected chi connectivity index (χ0v) is 13.1. The maximum absolute atomic E-state index is 10.8. The first-order valence-corrected chi connectivity index (χ1v) is 7.85. The number of rotatable bonds is 6. The number of carbonyl (C=O) groups is 1. The van der Waals surface area contributed by atoms with E-state index in [9.17, 15) is 4.79 Å². The number of pyridine rings is 1. The lowest BCUT2D eigenvalue weighted by Gasteiger charge is -2.14. The molecule has 0 spiro atoms. The normalized spacial score (nSPS) is 12.2. The molecule has 0 aliphatic rings. The Bertz CT molecular complexity index is 787. The van der Waals surface area contributed by atoms with Crippen LogP contribution in [0.25, 0.3) is 5.69 Å². The van der Waals surface area contributed by atoms with Crippen LogP contribution in [-0.4, -0.2) is 46.4 Å². The average molecular weight is 330 g/mol. The fraction of sp³-hybridized carbons (Fsp3) is 0.214. The van der Waals surface area contributed by atoms with Gasteiger partial charge in [0.05, 0.1) is 17.6 Å². The van der Waals surface area contributed by atoms with Crippen LogP contribution in [-0.2, 0) is 4.79 Å². The summed E-state index contributed by atoms with van der Waals surface area (Å²) in [5, 5.41) is 22.0. The van der Waals surface area contributed by atoms with E-state index in [0.29, 0.717) is 11.0 Å². The quantitative estimate of drug-likeness (QED) is 0.686. The van der Waals surface area contributed by atoms with Crippen molar-refractivity contribution >= 4 is 17.7 Å². The minimum absolute atomic E-state index is 0.0887. The van der Waals surface area contributed by atoms with Gasteiger partial charge in [0.25, 0.3) is 0 Å². The number of carboxylic acids is 1. The van der Waals surface area contributed by atoms with Gasteiger partial charge in [-0.25, -0.2) is 0 Å². The Balaban J connectivity index is 2.04. The molecule has 1 N–H and O–H groups in total. The van der Waals surface area contributed by atoms with Gasteiger partial charge in [-0.3, -0.25) is 19.0 Å². The molecule has 0 aliphatic heterocycles. The SMILES string of the molecule is C[C@@H](c1nnc(SCC(=O)O)n1-c1cccnc1)n1cccn1. The van der Waals surface area contributed by atoms with Gasteiger partial charge in [-0.2, -0.15) is 5.10 Å². The molecule has 3 aromatic rings. The van der Waals surface area contributed by atoms with Crippen molar-refractivity contribution in [2.75, 3.05) is 5.75 Å². The molecule has 0 saturated carbocycles. The summed E-state index contributed by atoms with van der Waals surface area (Å²) in [6.07, 6.45) is 6.90. The Hall–Kier alpha value is -2.68. The Morgan fingerprint density at radius 2 is 2.22 bits per heavy atom. The summed E-state index contributed by atoms with van der Waals surface area (Å²) in [4.78, 5) is 15.0. The first kappa shape index (κ1) is 15.2. The molecule has 0 amide bonds. The number of hydrogen-bond acceptors (Lipinski definition) is 6. The van der Waals surface area contributed by atoms with Gasteiger partial charge in [-0.15, -0.1) is 10.2 Å². The van der Waals surface area contributed by atoms with Crippen molar-refractivity contribution in [3.63, 3.8) is 0 Å². The molecular weight excluding hydrogens is 316 g/mol. The van der Waals surface area contributed by atoms with Crippen LogP contribution < -0.4 is 0 Å². The van der Waals surface area contributed by atoms with Crippen LogP contribution in [0.15, 0.2) is 48.1 Å². The molecule has 3 aromatic heterocycles. The van der Waals surface area contributed by atoms with Gasteiger partial charge >= 0.3 is 5.97 Å². The van der Waals surface area contributed by atoms with Crippen LogP contribution in [0, 0.1) is 0 Å². The number of nitrogens with zero attached hydrogens (tertiary/aromatic N) is 6. The predicted molar refractivity (Wildman–Crippen MR) is 83.6 cm³/mol. The number of hydrogen-bond donors (Lipinski definition) is 1. The van der Waals surface area contributed by atoms with E-state index in [-0.39, 0.29) is 11.8 Å². The van der Waals surface area contributed by atoms with E-state index in [1.165, 1.54) is 0 Å². The molecular formula is C14H14N6O2S. The van der Waals surface area contributed by atoms with Gasteiger partial charge in [0, 0.05) is 18.6 Å². The highest BCUT2D eigenvalue weighted by atomic mass is 32.2. The Morgan fingerprint density at radius 3 is 2.87 bits per heavy atom. The molecule has 8 nitrogen and oxygen atoms in total. The molecule has 1 atom stereocenters. The molecule has 0 unspecified atom stereocenters. The van der Waals surface area contributed by atoms with Crippen molar-refractivity contribution in [2.45, 2.75) is 18.1 Å². The van der Waals surface area contributed by atoms with Crippen LogP contribution >= 0.6 is 11.8 Å². The largest absolute Gasteiger partial charge is 0.481 e. The highest BCUT2D eigenvalue weighted by molar-refractivity contribution is 7.99. The molecule has 0 aliphatic carbocycles. The Labute approximate surface area is 136 Å². The summed E-state index contributed by atoms with van der Waals surface area (Å²) >= 11 is 1.12. The summed E-state index contributed by atoms with van der Waals surface area (Å²) < 4.78 is 3.58. The molecule has 0 radical (unpaired) electrons. The van der Waals surface area contributed by atoms with E-state index < -0.39 is 5.97 Å². The molecule has 0 aromatic carbocycles. The Morgan fingerprint density at radius 1 is 1.35 bits per heavy atom. The van der Waals surface area contributed by atoms with Gasteiger partial charge in [0.1, 0.15) is 6.04 Å². The van der Waals surface area contributed by atoms with Gasteiger partial charge < -0.3 is 5.11 Å². The maximum atomic E-state index is 10.8. The predicted octanol–water partition coefficient (Wildman–Crippen LogP) is 1.64. The van der Waals surface area contributed by atoms with Gasteiger partial charge in [0.15, 0.2) is 11.0 Å². The van der Waals surface area contributed by atoms with Gasteiger partial charge in [-0.05, 0) is 25.1 Å². The lowest BCUT2D eigenvalue weighted by molar-refractivity contribution is -0.133. The van der Waals surface area contributed by atoms with Gasteiger partial charge in [0.2, 0.25) is 0 Å². The lowest BCUT2D eigenvalue weighted by atomic mass is 10.3. The summed E-state index contributed by atoms with van der Waals surface area (Å²) in [6.45, 7) is 1.95. The molecule has 23 heavy (non-hydrogen) atoms. The number of aliphatic carboxylic acids is 1. The van der Waals surface area contributed by atoms with Crippen LogP contribution in [0.4, 0.5) is 0 Å². The standard InChI is InChI=1S/C14H14N6O2S/c1-10(19-7-3-6-16-19)13-17-18-14(23-9-12(21)22)20(13)11-4-2-5-15-8-11/h2-8,10H,9H2,1H3,(H,21,22)/t10-/m0/s1. The molecule has 0 saturated heterocycles. The summed E-state index contributed by atoms with van der Waals surface area (Å²) in [6, 6.07) is 5.36. The minimum Gasteiger partial charge on any atom is -0.481 e. The topological polar surface area (TPSA) is 98.7 Å². The Kier molecular flexibility index (Phi) is 4.38. The second kappa shape index (κ2) is 6.61. The second-order valence-electron chi connectivity index (χ2n) is 4.73. The summed E-state index contributed by atoms with van der Waals surface area (Å²) in [7, 11) is 0. The third kappa shape index (κ3) is 3.24. The first-order valence-electron chi connectivity index (χ1n) is 6.86. The van der Waals surface area contributed by atoms with E-state index >= 15 is 0 Å². The molecule has 3 heterocycles. The fourth-order valence-corrected chi connectivity index (χ4v) is 2.81. The van der Waals surface area contributed by atoms with Crippen molar-refractivity contribution < 1.29 is 9.90 Å². The van der Waals surface area contributed by atoms with E-state index in [4.69, 9.17) is 5.11 Å². The summed E-state index contributed by atoms with van der Waals surface area (Å²) in [5.74, 6) is -0.332. The second-order valence-corrected chi connectivity index (χ2v) is 5.67. The van der Waals surface area contributed by atoms with Crippen LogP contribution in [0.3, 0.4) is 0 Å². The molecule has 118 valence electrons. The van der Waals surface area contributed by atoms with Crippen molar-refractivity contribution in [1.29, 1.82) is 0 Å². The molecule has 0 fully saturated rings. The zero-order valence-electron chi connectivity index (χ0n) is 12.3. The van der Waals surface area contributed by atoms with Crippen molar-refractivity contribution in [1.82, 2.24) is 29.5 Å². The van der Waals surface area contributed by atoms with Crippen LogP contribution in [0.5, 0.6) is 0 Å². The zero-order chi connectivity index (χ0) is 16.2. The number of carboxylic acid groups (broad SMARTS) is 1. The molecule has 0 bridgehead atoms. The summed E-state index contributed by atoms with van der Waals surface area (Å²) in [5.41, 5.74) is 0.777. The van der Waals surface area contributed by atoms with Gasteiger partial charge in [-0.1, -0.05) is 11.8 Å². The number of thioether (sulfide) groups is 1. The van der Waals surface area contributed by atoms with Crippen molar-refractivity contribution in [2.24, 2.45) is 0 Å².